The smallest absolute Gasteiger partial charge is 0.411 e. The zero-order valence-corrected chi connectivity index (χ0v) is 24.2. The fourth-order valence-electron chi connectivity index (χ4n) is 3.83. The Balaban J connectivity index is 2.44. The van der Waals surface area contributed by atoms with Crippen LogP contribution in [0.2, 0.25) is 0 Å². The highest BCUT2D eigenvalue weighted by Crippen LogP contribution is 2.57. The average molecular weight is 673 g/mol. The zero-order valence-electron chi connectivity index (χ0n) is 20.9. The molecule has 0 unspecified atom stereocenters. The van der Waals surface area contributed by atoms with E-state index in [1.54, 1.807) is 0 Å². The van der Waals surface area contributed by atoms with Gasteiger partial charge in [0.15, 0.2) is 0 Å². The van der Waals surface area contributed by atoms with Gasteiger partial charge in [-0.2, -0.15) is 58.3 Å². The van der Waals surface area contributed by atoms with E-state index in [-0.39, 0.29) is 34.8 Å². The molecule has 0 aliphatic heterocycles. The minimum absolute atomic E-state index is 0.0308. The lowest BCUT2D eigenvalue weighted by molar-refractivity contribution is -0.432. The summed E-state index contributed by atoms with van der Waals surface area (Å²) in [5.74, 6) is -1.09. The van der Waals surface area contributed by atoms with Gasteiger partial charge < -0.3 is 10.2 Å². The summed E-state index contributed by atoms with van der Waals surface area (Å²) < 4.78 is 123. The number of hydrogen-bond donors (Lipinski definition) is 4. The molecule has 0 saturated carbocycles. The summed E-state index contributed by atoms with van der Waals surface area (Å²) in [6.45, 7) is 0. The van der Waals surface area contributed by atoms with Crippen LogP contribution < -0.4 is 0 Å². The van der Waals surface area contributed by atoms with Crippen LogP contribution in [0.3, 0.4) is 0 Å². The Labute approximate surface area is 244 Å². The van der Waals surface area contributed by atoms with Gasteiger partial charge >= 0.3 is 12.4 Å². The molecule has 232 valence electrons. The molecule has 18 heteroatoms. The van der Waals surface area contributed by atoms with Crippen molar-refractivity contribution in [1.82, 2.24) is 0 Å². The van der Waals surface area contributed by atoms with Crippen molar-refractivity contribution in [2.75, 3.05) is 23.0 Å². The fraction of sp³-hybridized carbons (Fsp3) is 0.478. The van der Waals surface area contributed by atoms with E-state index < -0.39 is 56.3 Å². The van der Waals surface area contributed by atoms with E-state index in [1.807, 2.05) is 0 Å². The summed E-state index contributed by atoms with van der Waals surface area (Å²) in [5, 5.41) is 31.8. The Kier molecular flexibility index (Phi) is 13.3. The molecule has 0 bridgehead atoms. The number of aromatic hydroxyl groups is 2. The topological polar surface area (TPSA) is 134 Å². The first-order chi connectivity index (χ1) is 19.0. The van der Waals surface area contributed by atoms with E-state index in [1.165, 1.54) is 0 Å². The molecule has 0 saturated heterocycles. The summed E-state index contributed by atoms with van der Waals surface area (Å²) in [7, 11) is -4.24. The molecule has 0 heterocycles. The van der Waals surface area contributed by atoms with E-state index in [9.17, 15) is 45.0 Å². The van der Waals surface area contributed by atoms with Crippen LogP contribution in [-0.4, -0.2) is 63.8 Å². The molecule has 8 nitrogen and oxygen atoms in total. The number of hydrogen-bond acceptors (Lipinski definition) is 10. The highest BCUT2D eigenvalue weighted by atomic mass is 32.2. The van der Waals surface area contributed by atoms with E-state index >= 15 is 0 Å². The van der Waals surface area contributed by atoms with E-state index in [0.717, 1.165) is 47.7 Å². The second-order valence-electron chi connectivity index (χ2n) is 8.50. The second-order valence-corrected chi connectivity index (χ2v) is 13.1. The van der Waals surface area contributed by atoms with Gasteiger partial charge in [0.1, 0.15) is 11.5 Å². The van der Waals surface area contributed by atoms with Gasteiger partial charge in [0.2, 0.25) is 5.41 Å². The summed E-state index contributed by atoms with van der Waals surface area (Å²) >= 11 is 2.88. The molecule has 0 radical (unpaired) electrons. The van der Waals surface area contributed by atoms with E-state index in [4.69, 9.17) is 9.81 Å². The van der Waals surface area contributed by atoms with Gasteiger partial charge in [-0.25, -0.2) is 5.26 Å². The van der Waals surface area contributed by atoms with Crippen molar-refractivity contribution in [2.45, 2.75) is 42.1 Å². The molecule has 0 fully saturated rings. The Morgan fingerprint density at radius 2 is 1.22 bits per heavy atom. The zero-order chi connectivity index (χ0) is 30.9. The third-order valence-corrected chi connectivity index (χ3v) is 9.28. The lowest BCUT2D eigenvalue weighted by atomic mass is 9.72. The Bertz CT molecular complexity index is 1230. The number of phenolic OH excluding ortho intramolecular Hbond substituents is 2. The number of phenols is 2. The Morgan fingerprint density at radius 1 is 0.756 bits per heavy atom. The minimum Gasteiger partial charge on any atom is -0.508 e. The molecule has 0 aliphatic rings. The SMILES string of the molecule is O=S(=O)(O)CCCSCc1cc(C(c2ccc(O)c(CSCCCSOOO)c2)(C(F)(F)F)C(F)(F)F)ccc1O. The molecule has 2 rings (SSSR count). The molecule has 2 aromatic carbocycles. The molecule has 0 spiro atoms. The van der Waals surface area contributed by atoms with Gasteiger partial charge in [-0.3, -0.25) is 4.55 Å². The Hall–Kier alpha value is -1.54. The van der Waals surface area contributed by atoms with Gasteiger partial charge in [-0.1, -0.05) is 17.2 Å². The van der Waals surface area contributed by atoms with Crippen LogP contribution in [0.1, 0.15) is 35.1 Å². The number of halogens is 6. The third kappa shape index (κ3) is 9.74. The van der Waals surface area contributed by atoms with Crippen molar-refractivity contribution in [3.05, 3.63) is 58.7 Å². The first kappa shape index (κ1) is 35.7. The largest absolute Gasteiger partial charge is 0.508 e. The fourth-order valence-corrected chi connectivity index (χ4v) is 6.97. The molecular formula is C23H26F6O8S4. The Morgan fingerprint density at radius 3 is 1.63 bits per heavy atom. The second kappa shape index (κ2) is 15.3. The van der Waals surface area contributed by atoms with Gasteiger partial charge in [-0.15, -0.1) is 4.33 Å². The third-order valence-electron chi connectivity index (χ3n) is 5.68. The molecular weight excluding hydrogens is 647 g/mol. The van der Waals surface area contributed by atoms with Gasteiger partial charge in [0.25, 0.3) is 10.1 Å². The number of thioether (sulfide) groups is 2. The first-order valence-corrected chi connectivity index (χ1v) is 16.4. The molecule has 0 amide bonds. The maximum atomic E-state index is 14.6. The molecule has 0 aliphatic carbocycles. The number of benzene rings is 2. The molecule has 2 aromatic rings. The van der Waals surface area contributed by atoms with Gasteiger partial charge in [-0.05, 0) is 59.7 Å². The maximum absolute atomic E-state index is 14.6. The van der Waals surface area contributed by atoms with Crippen molar-refractivity contribution in [3.8, 4) is 11.5 Å². The van der Waals surface area contributed by atoms with Crippen molar-refractivity contribution in [3.63, 3.8) is 0 Å². The van der Waals surface area contributed by atoms with Crippen LogP contribution in [0.5, 0.6) is 11.5 Å². The predicted molar refractivity (Wildman–Crippen MR) is 144 cm³/mol. The molecule has 0 aromatic heterocycles. The average Bonchev–Trinajstić information content (AvgIpc) is 2.84. The number of alkyl halides is 6. The van der Waals surface area contributed by atoms with Crippen LogP contribution in [0.15, 0.2) is 36.4 Å². The lowest BCUT2D eigenvalue weighted by Crippen LogP contribution is -2.54. The summed E-state index contributed by atoms with van der Waals surface area (Å²) in [6, 6.07) is 3.88. The highest BCUT2D eigenvalue weighted by Gasteiger charge is 2.72. The van der Waals surface area contributed by atoms with Crippen molar-refractivity contribution in [1.29, 1.82) is 0 Å². The summed E-state index contributed by atoms with van der Waals surface area (Å²) in [4.78, 5) is 0. The first-order valence-electron chi connectivity index (χ1n) is 11.5. The summed E-state index contributed by atoms with van der Waals surface area (Å²) in [6.07, 6.45) is -11.3. The van der Waals surface area contributed by atoms with Crippen LogP contribution in [-0.2, 0) is 36.4 Å². The van der Waals surface area contributed by atoms with Gasteiger partial charge in [0, 0.05) is 40.4 Å². The minimum atomic E-state index is -5.89. The highest BCUT2D eigenvalue weighted by molar-refractivity contribution is 7.98. The maximum Gasteiger partial charge on any atom is 0.411 e. The standard InChI is InChI=1S/C23H26F6O8S4/c24-22(25,26)21(23(27,28)29,17-3-5-19(30)15(11-17)13-38-7-1-9-40-37-36-32)18-4-6-20(31)16(12-18)14-39-8-2-10-41(33,34)35/h3-6,11-12,30-32H,1-2,7-10,13-14H2,(H,33,34,35). The molecule has 0 atom stereocenters. The van der Waals surface area contributed by atoms with Crippen molar-refractivity contribution < 1.29 is 64.2 Å². The summed E-state index contributed by atoms with van der Waals surface area (Å²) in [5.41, 5.74) is -7.27. The van der Waals surface area contributed by atoms with Crippen molar-refractivity contribution in [2.24, 2.45) is 0 Å². The van der Waals surface area contributed by atoms with Gasteiger partial charge in [0.05, 0.1) is 5.75 Å². The van der Waals surface area contributed by atoms with Crippen LogP contribution >= 0.6 is 35.6 Å². The predicted octanol–water partition coefficient (Wildman–Crippen LogP) is 6.71. The van der Waals surface area contributed by atoms with Crippen LogP contribution in [0.4, 0.5) is 26.3 Å². The molecule has 4 N–H and O–H groups in total. The lowest BCUT2D eigenvalue weighted by Gasteiger charge is -2.38. The normalized spacial score (nSPS) is 13.1. The monoisotopic (exact) mass is 672 g/mol. The molecule has 41 heavy (non-hydrogen) atoms. The van der Waals surface area contributed by atoms with Crippen molar-refractivity contribution >= 4 is 45.7 Å². The van der Waals surface area contributed by atoms with Crippen LogP contribution in [0.25, 0.3) is 0 Å². The quantitative estimate of drug-likeness (QED) is 0.0379. The van der Waals surface area contributed by atoms with Crippen LogP contribution in [0, 0.1) is 0 Å². The number of rotatable bonds is 16. The van der Waals surface area contributed by atoms with E-state index in [2.05, 4.69) is 9.37 Å². The van der Waals surface area contributed by atoms with E-state index in [0.29, 0.717) is 42.2 Å².